The Morgan fingerprint density at radius 1 is 1.73 bits per heavy atom. The predicted octanol–water partition coefficient (Wildman–Crippen LogP) is 1.41. The first-order valence-corrected chi connectivity index (χ1v) is 5.94. The van der Waals surface area contributed by atoms with E-state index in [0.29, 0.717) is 0 Å². The summed E-state index contributed by atoms with van der Waals surface area (Å²) < 4.78 is 0. The van der Waals surface area contributed by atoms with Crippen molar-refractivity contribution in [2.75, 3.05) is 6.54 Å². The van der Waals surface area contributed by atoms with Crippen LogP contribution in [0.2, 0.25) is 0 Å². The number of nitrogens with two attached hydrogens (primary N) is 1. The predicted molar refractivity (Wildman–Crippen MR) is 63.5 cm³/mol. The number of hydrogen-bond acceptors (Lipinski definition) is 4. The zero-order valence-corrected chi connectivity index (χ0v) is 9.63. The third kappa shape index (κ3) is 3.89. The number of hydrogen-bond donors (Lipinski definition) is 3. The van der Waals surface area contributed by atoms with Gasteiger partial charge in [-0.1, -0.05) is 12.1 Å². The molecule has 15 heavy (non-hydrogen) atoms. The van der Waals surface area contributed by atoms with Crippen molar-refractivity contribution in [2.24, 2.45) is 10.9 Å². The highest BCUT2D eigenvalue weighted by Crippen LogP contribution is 2.05. The van der Waals surface area contributed by atoms with E-state index in [4.69, 9.17) is 10.9 Å². The zero-order chi connectivity index (χ0) is 11.1. The van der Waals surface area contributed by atoms with Crippen LogP contribution in [0.1, 0.15) is 18.9 Å². The number of nitrogens with one attached hydrogen (secondary N) is 1. The Balaban J connectivity index is 2.29. The Kier molecular flexibility index (Phi) is 5.14. The molecule has 1 aromatic rings. The average molecular weight is 227 g/mol. The lowest BCUT2D eigenvalue weighted by molar-refractivity contribution is 0.314. The molecule has 1 heterocycles. The first kappa shape index (κ1) is 12.0. The SMILES string of the molecule is CCC(NCCc1ccsc1)C(N)=NO. The maximum Gasteiger partial charge on any atom is 0.156 e. The number of nitrogens with zero attached hydrogens (tertiary/aromatic N) is 1. The molecular formula is C10H17N3OS. The van der Waals surface area contributed by atoms with E-state index in [2.05, 4.69) is 27.3 Å². The zero-order valence-electron chi connectivity index (χ0n) is 8.81. The molecule has 1 unspecified atom stereocenters. The van der Waals surface area contributed by atoms with E-state index in [0.717, 1.165) is 19.4 Å². The molecule has 1 aromatic heterocycles. The monoisotopic (exact) mass is 227 g/mol. The molecule has 0 saturated carbocycles. The lowest BCUT2D eigenvalue weighted by Crippen LogP contribution is -2.41. The summed E-state index contributed by atoms with van der Waals surface area (Å²) in [5.41, 5.74) is 6.85. The minimum Gasteiger partial charge on any atom is -0.409 e. The molecular weight excluding hydrogens is 210 g/mol. The van der Waals surface area contributed by atoms with E-state index in [1.807, 2.05) is 6.92 Å². The van der Waals surface area contributed by atoms with Gasteiger partial charge in [0.05, 0.1) is 6.04 Å². The van der Waals surface area contributed by atoms with Gasteiger partial charge < -0.3 is 16.3 Å². The second-order valence-electron chi connectivity index (χ2n) is 3.32. The van der Waals surface area contributed by atoms with Crippen molar-refractivity contribution in [1.82, 2.24) is 5.32 Å². The van der Waals surface area contributed by atoms with Gasteiger partial charge in [-0.3, -0.25) is 0 Å². The summed E-state index contributed by atoms with van der Waals surface area (Å²) in [5.74, 6) is 0.253. The standard InChI is InChI=1S/C10H17N3OS/c1-2-9(10(11)13-14)12-5-3-8-4-6-15-7-8/h4,6-7,9,12,14H,2-3,5H2,1H3,(H2,11,13). The Bertz CT molecular complexity index is 298. The van der Waals surface area contributed by atoms with Gasteiger partial charge in [-0.2, -0.15) is 11.3 Å². The first-order valence-electron chi connectivity index (χ1n) is 4.99. The van der Waals surface area contributed by atoms with Crippen molar-refractivity contribution in [1.29, 1.82) is 0 Å². The molecule has 1 rings (SSSR count). The summed E-state index contributed by atoms with van der Waals surface area (Å²) in [5, 5.41) is 19.0. The topological polar surface area (TPSA) is 70.6 Å². The second kappa shape index (κ2) is 6.42. The maximum absolute atomic E-state index is 8.54. The van der Waals surface area contributed by atoms with E-state index in [1.54, 1.807) is 11.3 Å². The number of oxime groups is 1. The van der Waals surface area contributed by atoms with Gasteiger partial charge >= 0.3 is 0 Å². The van der Waals surface area contributed by atoms with Crippen molar-refractivity contribution in [3.63, 3.8) is 0 Å². The van der Waals surface area contributed by atoms with Gasteiger partial charge in [0.2, 0.25) is 0 Å². The first-order chi connectivity index (χ1) is 7.27. The van der Waals surface area contributed by atoms with E-state index in [9.17, 15) is 0 Å². The molecule has 4 N–H and O–H groups in total. The number of rotatable bonds is 6. The van der Waals surface area contributed by atoms with Crippen LogP contribution in [0, 0.1) is 0 Å². The molecule has 0 aliphatic carbocycles. The number of amidine groups is 1. The minimum absolute atomic E-state index is 0.0337. The molecule has 0 amide bonds. The molecule has 1 atom stereocenters. The molecule has 0 saturated heterocycles. The van der Waals surface area contributed by atoms with Gasteiger partial charge in [-0.15, -0.1) is 0 Å². The molecule has 84 valence electrons. The maximum atomic E-state index is 8.54. The van der Waals surface area contributed by atoms with Gasteiger partial charge in [0, 0.05) is 0 Å². The summed E-state index contributed by atoms with van der Waals surface area (Å²) >= 11 is 1.70. The Morgan fingerprint density at radius 3 is 3.07 bits per heavy atom. The fraction of sp³-hybridized carbons (Fsp3) is 0.500. The lowest BCUT2D eigenvalue weighted by Gasteiger charge is -2.14. The summed E-state index contributed by atoms with van der Waals surface area (Å²) in [6.45, 7) is 2.84. The molecule has 0 radical (unpaired) electrons. The molecule has 0 aromatic carbocycles. The van der Waals surface area contributed by atoms with Crippen LogP contribution in [0.25, 0.3) is 0 Å². The highest BCUT2D eigenvalue weighted by atomic mass is 32.1. The van der Waals surface area contributed by atoms with Crippen LogP contribution >= 0.6 is 11.3 Å². The van der Waals surface area contributed by atoms with Crippen LogP contribution in [0.3, 0.4) is 0 Å². The largest absolute Gasteiger partial charge is 0.409 e. The van der Waals surface area contributed by atoms with E-state index >= 15 is 0 Å². The molecule has 0 aliphatic rings. The molecule has 0 spiro atoms. The van der Waals surface area contributed by atoms with Gasteiger partial charge in [-0.25, -0.2) is 0 Å². The molecule has 0 aliphatic heterocycles. The normalized spacial score (nSPS) is 14.1. The van der Waals surface area contributed by atoms with E-state index < -0.39 is 0 Å². The van der Waals surface area contributed by atoms with Crippen molar-refractivity contribution < 1.29 is 5.21 Å². The molecule has 0 bridgehead atoms. The van der Waals surface area contributed by atoms with E-state index in [-0.39, 0.29) is 11.9 Å². The van der Waals surface area contributed by atoms with Crippen molar-refractivity contribution in [2.45, 2.75) is 25.8 Å². The molecule has 4 nitrogen and oxygen atoms in total. The fourth-order valence-electron chi connectivity index (χ4n) is 1.35. The highest BCUT2D eigenvalue weighted by molar-refractivity contribution is 7.07. The molecule has 5 heteroatoms. The van der Waals surface area contributed by atoms with Gasteiger partial charge in [-0.05, 0) is 41.8 Å². The summed E-state index contributed by atoms with van der Waals surface area (Å²) in [6, 6.07) is 2.07. The number of thiophene rings is 1. The van der Waals surface area contributed by atoms with Gasteiger partial charge in [0.1, 0.15) is 0 Å². The Labute approximate surface area is 93.8 Å². The van der Waals surface area contributed by atoms with Crippen molar-refractivity contribution in [3.05, 3.63) is 22.4 Å². The van der Waals surface area contributed by atoms with Crippen LogP contribution in [0.4, 0.5) is 0 Å². The van der Waals surface area contributed by atoms with Crippen LogP contribution in [-0.4, -0.2) is 23.6 Å². The summed E-state index contributed by atoms with van der Waals surface area (Å²) in [4.78, 5) is 0. The third-order valence-electron chi connectivity index (χ3n) is 2.27. The minimum atomic E-state index is -0.0337. The van der Waals surface area contributed by atoms with Crippen molar-refractivity contribution >= 4 is 17.2 Å². The molecule has 0 fully saturated rings. The second-order valence-corrected chi connectivity index (χ2v) is 4.10. The van der Waals surface area contributed by atoms with Crippen LogP contribution in [0.5, 0.6) is 0 Å². The smallest absolute Gasteiger partial charge is 0.156 e. The lowest BCUT2D eigenvalue weighted by atomic mass is 10.2. The highest BCUT2D eigenvalue weighted by Gasteiger charge is 2.09. The Hall–Kier alpha value is -1.07. The van der Waals surface area contributed by atoms with Crippen LogP contribution < -0.4 is 11.1 Å². The van der Waals surface area contributed by atoms with Gasteiger partial charge in [0.25, 0.3) is 0 Å². The summed E-state index contributed by atoms with van der Waals surface area (Å²) in [7, 11) is 0. The quantitative estimate of drug-likeness (QED) is 0.298. The van der Waals surface area contributed by atoms with Gasteiger partial charge in [0.15, 0.2) is 5.84 Å². The van der Waals surface area contributed by atoms with Crippen molar-refractivity contribution in [3.8, 4) is 0 Å². The Morgan fingerprint density at radius 2 is 2.53 bits per heavy atom. The average Bonchev–Trinajstić information content (AvgIpc) is 2.76. The fourth-order valence-corrected chi connectivity index (χ4v) is 2.06. The van der Waals surface area contributed by atoms with Crippen LogP contribution in [-0.2, 0) is 6.42 Å². The van der Waals surface area contributed by atoms with Crippen LogP contribution in [0.15, 0.2) is 22.0 Å². The van der Waals surface area contributed by atoms with E-state index in [1.165, 1.54) is 5.56 Å². The third-order valence-corrected chi connectivity index (χ3v) is 3.00. The summed E-state index contributed by atoms with van der Waals surface area (Å²) in [6.07, 6.45) is 1.79.